The van der Waals surface area contributed by atoms with Crippen LogP contribution in [0.25, 0.3) is 10.9 Å². The molecule has 35 heavy (non-hydrogen) atoms. The van der Waals surface area contributed by atoms with E-state index in [9.17, 15) is 19.2 Å². The van der Waals surface area contributed by atoms with Crippen molar-refractivity contribution in [1.82, 2.24) is 15.6 Å². The van der Waals surface area contributed by atoms with Crippen LogP contribution in [0.2, 0.25) is 5.02 Å². The fourth-order valence-electron chi connectivity index (χ4n) is 4.67. The molecule has 10 heteroatoms. The Morgan fingerprint density at radius 1 is 1.29 bits per heavy atom. The lowest BCUT2D eigenvalue weighted by Crippen LogP contribution is -2.48. The predicted octanol–water partition coefficient (Wildman–Crippen LogP) is 3.01. The predicted molar refractivity (Wildman–Crippen MR) is 133 cm³/mol. The highest BCUT2D eigenvalue weighted by molar-refractivity contribution is 6.35. The molecule has 3 rings (SSSR count). The lowest BCUT2D eigenvalue weighted by atomic mass is 9.79. The molecule has 3 amide bonds. The number of amides is 3. The number of esters is 1. The first kappa shape index (κ1) is 26.5. The van der Waals surface area contributed by atoms with E-state index in [1.165, 1.54) is 7.11 Å². The standard InChI is InChI=1S/C25H33ClN4O5/c1-25(2,3)12-15(18-14-8-5-9-16(26)19(14)30-20(18)21(27)31)23(33)29-17(24(34)35-4)11-13-7-6-10-28-22(13)32/h5,8-9,13,15,17,30H,6-7,10-12H2,1-4H3,(H2,27,31)(H,28,32)(H,29,33)/t13-,15-,17-/m0/s1. The molecular formula is C25H33ClN4O5. The summed E-state index contributed by atoms with van der Waals surface area (Å²) in [4.78, 5) is 54.0. The quantitative estimate of drug-likeness (QED) is 0.408. The summed E-state index contributed by atoms with van der Waals surface area (Å²) in [5.74, 6) is -3.20. The molecule has 1 aromatic heterocycles. The van der Waals surface area contributed by atoms with Gasteiger partial charge in [-0.2, -0.15) is 0 Å². The summed E-state index contributed by atoms with van der Waals surface area (Å²) >= 11 is 6.35. The number of nitrogens with two attached hydrogens (primary N) is 1. The van der Waals surface area contributed by atoms with Crippen LogP contribution in [0.5, 0.6) is 0 Å². The lowest BCUT2D eigenvalue weighted by Gasteiger charge is -2.29. The number of primary amides is 1. The fourth-order valence-corrected chi connectivity index (χ4v) is 4.89. The number of ether oxygens (including phenoxy) is 1. The molecule has 5 N–H and O–H groups in total. The number of fused-ring (bicyclic) bond motifs is 1. The van der Waals surface area contributed by atoms with Crippen molar-refractivity contribution in [2.45, 2.75) is 58.4 Å². The lowest BCUT2D eigenvalue weighted by molar-refractivity contribution is -0.146. The molecule has 1 saturated heterocycles. The summed E-state index contributed by atoms with van der Waals surface area (Å²) in [6.07, 6.45) is 1.89. The van der Waals surface area contributed by atoms with E-state index in [1.54, 1.807) is 18.2 Å². The second kappa shape index (κ2) is 10.7. The number of carbonyl (C=O) groups excluding carboxylic acids is 4. The SMILES string of the molecule is COC(=O)[C@H](C[C@@H]1CCCNC1=O)NC(=O)[C@@H](CC(C)(C)C)c1c(C(N)=O)[nH]c2c(Cl)cccc12. The average molecular weight is 505 g/mol. The van der Waals surface area contributed by atoms with Crippen LogP contribution in [-0.2, 0) is 19.1 Å². The summed E-state index contributed by atoms with van der Waals surface area (Å²) in [7, 11) is 1.24. The van der Waals surface area contributed by atoms with Gasteiger partial charge in [0.1, 0.15) is 11.7 Å². The highest BCUT2D eigenvalue weighted by Crippen LogP contribution is 2.39. The van der Waals surface area contributed by atoms with Crippen molar-refractivity contribution >= 4 is 46.2 Å². The van der Waals surface area contributed by atoms with Crippen LogP contribution in [0.4, 0.5) is 0 Å². The zero-order valence-electron chi connectivity index (χ0n) is 20.5. The second-order valence-electron chi connectivity index (χ2n) is 10.2. The van der Waals surface area contributed by atoms with Crippen LogP contribution in [-0.4, -0.2) is 48.4 Å². The van der Waals surface area contributed by atoms with Gasteiger partial charge in [0, 0.05) is 23.4 Å². The van der Waals surface area contributed by atoms with E-state index < -0.39 is 35.7 Å². The number of carbonyl (C=O) groups is 4. The molecule has 0 bridgehead atoms. The molecule has 1 aromatic carbocycles. The zero-order chi connectivity index (χ0) is 25.9. The van der Waals surface area contributed by atoms with Gasteiger partial charge in [0.05, 0.1) is 23.6 Å². The van der Waals surface area contributed by atoms with Crippen molar-refractivity contribution in [3.05, 3.63) is 34.5 Å². The van der Waals surface area contributed by atoms with Crippen LogP contribution in [0.1, 0.15) is 68.4 Å². The average Bonchev–Trinajstić information content (AvgIpc) is 3.18. The Morgan fingerprint density at radius 3 is 2.60 bits per heavy atom. The van der Waals surface area contributed by atoms with Crippen molar-refractivity contribution in [3.63, 3.8) is 0 Å². The number of hydrogen-bond acceptors (Lipinski definition) is 5. The third-order valence-electron chi connectivity index (χ3n) is 6.27. The molecule has 0 saturated carbocycles. The maximum atomic E-state index is 13.8. The molecule has 1 aliphatic rings. The molecule has 0 unspecified atom stereocenters. The third kappa shape index (κ3) is 6.14. The largest absolute Gasteiger partial charge is 0.467 e. The van der Waals surface area contributed by atoms with Crippen LogP contribution in [0.15, 0.2) is 18.2 Å². The first-order valence-electron chi connectivity index (χ1n) is 11.7. The molecule has 2 heterocycles. The minimum Gasteiger partial charge on any atom is -0.467 e. The minimum absolute atomic E-state index is 0.0961. The van der Waals surface area contributed by atoms with E-state index in [4.69, 9.17) is 22.1 Å². The Morgan fingerprint density at radius 2 is 2.00 bits per heavy atom. The van der Waals surface area contributed by atoms with Crippen LogP contribution in [0, 0.1) is 11.3 Å². The number of aromatic nitrogens is 1. The summed E-state index contributed by atoms with van der Waals surface area (Å²) in [6, 6.07) is 4.16. The van der Waals surface area contributed by atoms with Gasteiger partial charge < -0.3 is 26.1 Å². The number of halogens is 1. The number of rotatable bonds is 8. The Balaban J connectivity index is 2.02. The number of hydrogen-bond donors (Lipinski definition) is 4. The van der Waals surface area contributed by atoms with Crippen molar-refractivity contribution in [3.8, 4) is 0 Å². The van der Waals surface area contributed by atoms with E-state index in [1.807, 2.05) is 20.8 Å². The Labute approximate surface area is 209 Å². The van der Waals surface area contributed by atoms with Crippen LogP contribution >= 0.6 is 11.6 Å². The van der Waals surface area contributed by atoms with Gasteiger partial charge in [-0.05, 0) is 37.2 Å². The normalized spacial score (nSPS) is 18.0. The molecule has 3 atom stereocenters. The Hall–Kier alpha value is -3.07. The number of benzene rings is 1. The first-order chi connectivity index (χ1) is 16.4. The second-order valence-corrected chi connectivity index (χ2v) is 10.6. The van der Waals surface area contributed by atoms with Crippen molar-refractivity contribution in [1.29, 1.82) is 0 Å². The number of nitrogens with one attached hydrogen (secondary N) is 3. The van der Waals surface area contributed by atoms with Gasteiger partial charge in [-0.15, -0.1) is 0 Å². The highest BCUT2D eigenvalue weighted by Gasteiger charge is 2.36. The molecule has 0 aliphatic carbocycles. The number of piperidine rings is 1. The number of aromatic amines is 1. The van der Waals surface area contributed by atoms with E-state index >= 15 is 0 Å². The highest BCUT2D eigenvalue weighted by atomic mass is 35.5. The molecule has 1 fully saturated rings. The summed E-state index contributed by atoms with van der Waals surface area (Å²) in [5, 5.41) is 6.60. The molecule has 190 valence electrons. The third-order valence-corrected chi connectivity index (χ3v) is 6.59. The summed E-state index contributed by atoms with van der Waals surface area (Å²) in [6.45, 7) is 6.52. The van der Waals surface area contributed by atoms with Gasteiger partial charge in [0.25, 0.3) is 5.91 Å². The molecule has 9 nitrogen and oxygen atoms in total. The van der Waals surface area contributed by atoms with Gasteiger partial charge in [-0.1, -0.05) is 44.5 Å². The topological polar surface area (TPSA) is 143 Å². The van der Waals surface area contributed by atoms with Gasteiger partial charge >= 0.3 is 5.97 Å². The van der Waals surface area contributed by atoms with Gasteiger partial charge in [-0.3, -0.25) is 14.4 Å². The summed E-state index contributed by atoms with van der Waals surface area (Å²) < 4.78 is 4.93. The van der Waals surface area contributed by atoms with Crippen molar-refractivity contribution in [2.75, 3.05) is 13.7 Å². The molecular weight excluding hydrogens is 472 g/mol. The molecule has 2 aromatic rings. The molecule has 1 aliphatic heterocycles. The number of para-hydroxylation sites is 1. The summed E-state index contributed by atoms with van der Waals surface area (Å²) in [5.41, 5.74) is 6.40. The number of H-pyrrole nitrogens is 1. The van der Waals surface area contributed by atoms with E-state index in [2.05, 4.69) is 15.6 Å². The van der Waals surface area contributed by atoms with Gasteiger partial charge in [0.15, 0.2) is 0 Å². The van der Waals surface area contributed by atoms with Crippen molar-refractivity contribution in [2.24, 2.45) is 17.1 Å². The molecule has 0 radical (unpaired) electrons. The minimum atomic E-state index is -1.02. The van der Waals surface area contributed by atoms with E-state index in [0.29, 0.717) is 40.9 Å². The fraction of sp³-hybridized carbons (Fsp3) is 0.520. The Bertz CT molecular complexity index is 1140. The monoisotopic (exact) mass is 504 g/mol. The van der Waals surface area contributed by atoms with Gasteiger partial charge in [-0.25, -0.2) is 4.79 Å². The Kier molecular flexibility index (Phi) is 8.10. The van der Waals surface area contributed by atoms with Crippen LogP contribution in [0.3, 0.4) is 0 Å². The smallest absolute Gasteiger partial charge is 0.328 e. The number of methoxy groups -OCH3 is 1. The first-order valence-corrected chi connectivity index (χ1v) is 12.1. The van der Waals surface area contributed by atoms with Gasteiger partial charge in [0.2, 0.25) is 11.8 Å². The zero-order valence-corrected chi connectivity index (χ0v) is 21.3. The van der Waals surface area contributed by atoms with Crippen LogP contribution < -0.4 is 16.4 Å². The molecule has 0 spiro atoms. The van der Waals surface area contributed by atoms with E-state index in [-0.39, 0.29) is 23.4 Å². The maximum absolute atomic E-state index is 13.8. The van der Waals surface area contributed by atoms with E-state index in [0.717, 1.165) is 6.42 Å². The van der Waals surface area contributed by atoms with Crippen molar-refractivity contribution < 1.29 is 23.9 Å². The maximum Gasteiger partial charge on any atom is 0.328 e.